The van der Waals surface area contributed by atoms with Crippen molar-refractivity contribution in [1.82, 2.24) is 15.1 Å². The summed E-state index contributed by atoms with van der Waals surface area (Å²) in [6.07, 6.45) is 10.1. The Morgan fingerprint density at radius 2 is 1.77 bits per heavy atom. The highest BCUT2D eigenvalue weighted by Crippen LogP contribution is 2.37. The van der Waals surface area contributed by atoms with Crippen molar-refractivity contribution < 1.29 is 38.7 Å². The van der Waals surface area contributed by atoms with Crippen LogP contribution < -0.4 is 10.1 Å². The van der Waals surface area contributed by atoms with Crippen LogP contribution in [0.5, 0.6) is 5.75 Å². The summed E-state index contributed by atoms with van der Waals surface area (Å²) in [5, 5.41) is 25.7. The maximum Gasteiger partial charge on any atom is 0.407 e. The van der Waals surface area contributed by atoms with Gasteiger partial charge in [0.25, 0.3) is 0 Å². The normalized spacial score (nSPS) is 23.6. The number of hydrogen-bond donors (Lipinski definition) is 3. The van der Waals surface area contributed by atoms with E-state index in [1.807, 2.05) is 60.7 Å². The zero-order valence-electron chi connectivity index (χ0n) is 31.1. The number of carbonyl (C=O) groups is 2. The van der Waals surface area contributed by atoms with Crippen LogP contribution in [0.15, 0.2) is 54.6 Å². The summed E-state index contributed by atoms with van der Waals surface area (Å²) >= 11 is 0. The van der Waals surface area contributed by atoms with E-state index < -0.39 is 30.4 Å². The van der Waals surface area contributed by atoms with Gasteiger partial charge in [0.1, 0.15) is 18.5 Å². The number of nitrogens with zero attached hydrogens (tertiary/aromatic N) is 2. The molecule has 3 N–H and O–H groups in total. The number of aliphatic hydroxyl groups excluding tert-OH is 2. The number of fused-ring (bicyclic) bond motifs is 1. The van der Waals surface area contributed by atoms with Crippen LogP contribution in [-0.2, 0) is 25.4 Å². The van der Waals surface area contributed by atoms with Crippen molar-refractivity contribution in [3.05, 3.63) is 71.3 Å². The molecule has 0 spiro atoms. The molecule has 2 aromatic carbocycles. The Morgan fingerprint density at radius 3 is 2.55 bits per heavy atom. The Hall–Kier alpha value is -3.48. The molecule has 0 unspecified atom stereocenters. The minimum absolute atomic E-state index is 0.0746. The third-order valence-electron chi connectivity index (χ3n) is 11.2. The van der Waals surface area contributed by atoms with Gasteiger partial charge in [0.05, 0.1) is 44.1 Å². The smallest absolute Gasteiger partial charge is 0.407 e. The van der Waals surface area contributed by atoms with E-state index >= 15 is 0 Å². The topological polar surface area (TPSA) is 130 Å². The first-order chi connectivity index (χ1) is 25.9. The highest BCUT2D eigenvalue weighted by atomic mass is 16.6. The summed E-state index contributed by atoms with van der Waals surface area (Å²) in [6, 6.07) is 14.8. The van der Waals surface area contributed by atoms with E-state index in [9.17, 15) is 19.8 Å². The van der Waals surface area contributed by atoms with Crippen LogP contribution in [0.3, 0.4) is 0 Å². The standard InChI is InChI=1S/C42H59N3O8/c46-38(37(28-32-8-2-1-3-9-32)43-42(49)53-35-12-7-24-51-30-35)18-19-40(48)45(41-36-13-5-4-11-33(36)29-39(41)47)20-6-10-31-14-16-34(17-15-31)52-27-23-44-21-25-50-26-22-44/h4-6,10-11,13-17,32,35,37-39,41,46-47H,1-3,7-9,12,18-30H2,(H,43,49)/t35-,37-,38-,39+,41-/m0/s1. The first-order valence-corrected chi connectivity index (χ1v) is 19.9. The molecule has 2 aromatic rings. The molecule has 11 nitrogen and oxygen atoms in total. The molecule has 0 aromatic heterocycles. The van der Waals surface area contributed by atoms with Crippen LogP contribution in [0, 0.1) is 5.92 Å². The van der Waals surface area contributed by atoms with E-state index in [0.717, 1.165) is 93.8 Å². The maximum atomic E-state index is 14.1. The minimum atomic E-state index is -0.927. The number of alkyl carbamates (subject to hydrolysis) is 1. The number of ether oxygens (including phenoxy) is 4. The second-order valence-electron chi connectivity index (χ2n) is 15.1. The SMILES string of the molecule is O=C(N[C@@H](CC1CCCCC1)[C@@H](O)CCC(=O)N(CC=Cc1ccc(OCCN2CCOCC2)cc1)[C@H]1c2ccccc2C[C@H]1O)O[C@H]1CCCOC1. The zero-order chi connectivity index (χ0) is 36.8. The van der Waals surface area contributed by atoms with Crippen LogP contribution in [0.1, 0.15) is 86.9 Å². The van der Waals surface area contributed by atoms with Crippen LogP contribution >= 0.6 is 0 Å². The van der Waals surface area contributed by atoms with Gasteiger partial charge in [-0.25, -0.2) is 4.79 Å². The second-order valence-corrected chi connectivity index (χ2v) is 15.1. The number of hydrogen-bond acceptors (Lipinski definition) is 9. The van der Waals surface area contributed by atoms with E-state index in [1.54, 1.807) is 4.90 Å². The van der Waals surface area contributed by atoms with E-state index in [1.165, 1.54) is 6.42 Å². The molecule has 2 amide bonds. The molecular weight excluding hydrogens is 674 g/mol. The Kier molecular flexibility index (Phi) is 15.0. The van der Waals surface area contributed by atoms with Crippen LogP contribution in [0.4, 0.5) is 4.79 Å². The third kappa shape index (κ3) is 11.8. The number of morpholine rings is 1. The highest BCUT2D eigenvalue weighted by molar-refractivity contribution is 5.77. The molecule has 4 aliphatic rings. The molecule has 5 atom stereocenters. The fraction of sp³-hybridized carbons (Fsp3) is 0.619. The van der Waals surface area contributed by atoms with Crippen molar-refractivity contribution in [2.45, 2.75) is 101 Å². The van der Waals surface area contributed by atoms with E-state index in [4.69, 9.17) is 18.9 Å². The van der Waals surface area contributed by atoms with Gasteiger partial charge in [0.15, 0.2) is 0 Å². The summed E-state index contributed by atoms with van der Waals surface area (Å²) in [5.74, 6) is 1.06. The number of aliphatic hydroxyl groups is 2. The van der Waals surface area contributed by atoms with Gasteiger partial charge in [-0.1, -0.05) is 80.7 Å². The lowest BCUT2D eigenvalue weighted by atomic mass is 9.83. The minimum Gasteiger partial charge on any atom is -0.492 e. The van der Waals surface area contributed by atoms with Crippen LogP contribution in [0.2, 0.25) is 0 Å². The monoisotopic (exact) mass is 733 g/mol. The fourth-order valence-corrected chi connectivity index (χ4v) is 8.25. The Morgan fingerprint density at radius 1 is 0.981 bits per heavy atom. The number of nitrogens with one attached hydrogen (secondary N) is 1. The lowest BCUT2D eigenvalue weighted by Crippen LogP contribution is -2.47. The third-order valence-corrected chi connectivity index (χ3v) is 11.2. The molecule has 0 bridgehead atoms. The Balaban J connectivity index is 1.08. The highest BCUT2D eigenvalue weighted by Gasteiger charge is 2.37. The molecule has 290 valence electrons. The van der Waals surface area contributed by atoms with Gasteiger partial charge in [-0.15, -0.1) is 0 Å². The molecule has 1 saturated carbocycles. The Bertz CT molecular complexity index is 1450. The first kappa shape index (κ1) is 39.2. The predicted molar refractivity (Wildman–Crippen MR) is 203 cm³/mol. The maximum absolute atomic E-state index is 14.1. The van der Waals surface area contributed by atoms with Crippen molar-refractivity contribution in [3.63, 3.8) is 0 Å². The van der Waals surface area contributed by atoms with Crippen molar-refractivity contribution >= 4 is 18.1 Å². The van der Waals surface area contributed by atoms with E-state index in [2.05, 4.69) is 10.2 Å². The molecule has 53 heavy (non-hydrogen) atoms. The summed E-state index contributed by atoms with van der Waals surface area (Å²) in [5.41, 5.74) is 2.96. The van der Waals surface area contributed by atoms with Gasteiger partial charge < -0.3 is 39.4 Å². The lowest BCUT2D eigenvalue weighted by molar-refractivity contribution is -0.136. The molecule has 11 heteroatoms. The number of benzene rings is 2. The van der Waals surface area contributed by atoms with E-state index in [0.29, 0.717) is 45.1 Å². The predicted octanol–water partition coefficient (Wildman–Crippen LogP) is 5.28. The van der Waals surface area contributed by atoms with Crippen molar-refractivity contribution in [3.8, 4) is 5.75 Å². The summed E-state index contributed by atoms with van der Waals surface area (Å²) in [4.78, 5) is 31.2. The number of amides is 2. The molecule has 2 aliphatic heterocycles. The Labute approximate surface area is 314 Å². The van der Waals surface area contributed by atoms with Gasteiger partial charge in [-0.05, 0) is 60.4 Å². The summed E-state index contributed by atoms with van der Waals surface area (Å²) < 4.78 is 22.5. The van der Waals surface area contributed by atoms with Crippen molar-refractivity contribution in [2.75, 3.05) is 59.2 Å². The van der Waals surface area contributed by atoms with Gasteiger partial charge >= 0.3 is 6.09 Å². The van der Waals surface area contributed by atoms with Gasteiger partial charge in [-0.2, -0.15) is 0 Å². The zero-order valence-corrected chi connectivity index (χ0v) is 31.1. The molecule has 2 heterocycles. The number of carbonyl (C=O) groups excluding carboxylic acids is 2. The van der Waals surface area contributed by atoms with Crippen molar-refractivity contribution in [1.29, 1.82) is 0 Å². The van der Waals surface area contributed by atoms with Gasteiger partial charge in [0, 0.05) is 45.6 Å². The van der Waals surface area contributed by atoms with Gasteiger partial charge in [0.2, 0.25) is 5.91 Å². The van der Waals surface area contributed by atoms with Crippen molar-refractivity contribution in [2.24, 2.45) is 5.92 Å². The van der Waals surface area contributed by atoms with Gasteiger partial charge in [-0.3, -0.25) is 9.69 Å². The quantitative estimate of drug-likeness (QED) is 0.211. The molecule has 6 rings (SSSR count). The molecule has 2 aliphatic carbocycles. The largest absolute Gasteiger partial charge is 0.492 e. The summed E-state index contributed by atoms with van der Waals surface area (Å²) in [7, 11) is 0. The van der Waals surface area contributed by atoms with E-state index in [-0.39, 0.29) is 24.9 Å². The average molecular weight is 734 g/mol. The summed E-state index contributed by atoms with van der Waals surface area (Å²) in [6.45, 7) is 6.23. The molecular formula is C42H59N3O8. The molecule has 0 radical (unpaired) electrons. The van der Waals surface area contributed by atoms with Crippen LogP contribution in [0.25, 0.3) is 6.08 Å². The van der Waals surface area contributed by atoms with Crippen LogP contribution in [-0.4, -0.2) is 116 Å². The molecule has 2 saturated heterocycles. The fourth-order valence-electron chi connectivity index (χ4n) is 8.25. The average Bonchev–Trinajstić information content (AvgIpc) is 3.52. The molecule has 3 fully saturated rings. The lowest BCUT2D eigenvalue weighted by Gasteiger charge is -2.33. The number of rotatable bonds is 16. The second kappa shape index (κ2) is 20.3. The first-order valence-electron chi connectivity index (χ1n) is 19.9.